The molecular formula is C19H33N5O2S. The molecule has 0 aliphatic carbocycles. The van der Waals surface area contributed by atoms with Crippen LogP contribution in [0.25, 0.3) is 0 Å². The van der Waals surface area contributed by atoms with Crippen LogP contribution in [0.1, 0.15) is 36.3 Å². The first-order valence-corrected chi connectivity index (χ1v) is 10.6. The molecule has 1 unspecified atom stereocenters. The van der Waals surface area contributed by atoms with Crippen LogP contribution in [0.15, 0.2) is 0 Å². The molecule has 0 saturated carbocycles. The van der Waals surface area contributed by atoms with Crippen molar-refractivity contribution in [2.75, 3.05) is 52.1 Å². The maximum Gasteiger partial charge on any atom is 0.240 e. The lowest BCUT2D eigenvalue weighted by molar-refractivity contribution is -0.128. The molecule has 2 heterocycles. The third-order valence-electron chi connectivity index (χ3n) is 4.85. The summed E-state index contributed by atoms with van der Waals surface area (Å²) in [5.41, 5.74) is 0.954. The Bertz CT molecular complexity index is 612. The van der Waals surface area contributed by atoms with Crippen LogP contribution in [0, 0.1) is 19.8 Å². The van der Waals surface area contributed by atoms with Crippen molar-refractivity contribution in [1.82, 2.24) is 20.1 Å². The van der Waals surface area contributed by atoms with Crippen LogP contribution in [-0.4, -0.2) is 73.4 Å². The molecule has 2 amide bonds. The summed E-state index contributed by atoms with van der Waals surface area (Å²) in [4.78, 5) is 34.4. The molecule has 152 valence electrons. The largest absolute Gasteiger partial charge is 0.356 e. The number of amides is 2. The molecule has 1 saturated heterocycles. The summed E-state index contributed by atoms with van der Waals surface area (Å²) in [6.07, 6.45) is 3.92. The van der Waals surface area contributed by atoms with Crippen LogP contribution in [-0.2, 0) is 9.59 Å². The van der Waals surface area contributed by atoms with E-state index in [1.807, 2.05) is 13.8 Å². The van der Waals surface area contributed by atoms with E-state index in [0.717, 1.165) is 55.9 Å². The quantitative estimate of drug-likeness (QED) is 0.624. The molecule has 1 aromatic heterocycles. The zero-order valence-corrected chi connectivity index (χ0v) is 17.8. The molecule has 2 rings (SSSR count). The average Bonchev–Trinajstić information content (AvgIpc) is 2.91. The highest BCUT2D eigenvalue weighted by Crippen LogP contribution is 2.21. The van der Waals surface area contributed by atoms with Crippen LogP contribution in [0.3, 0.4) is 0 Å². The Morgan fingerprint density at radius 1 is 1.30 bits per heavy atom. The van der Waals surface area contributed by atoms with Crippen molar-refractivity contribution >= 4 is 28.3 Å². The Labute approximate surface area is 166 Å². The number of nitrogens with zero attached hydrogens (tertiary/aromatic N) is 3. The van der Waals surface area contributed by atoms with Crippen molar-refractivity contribution in [3.8, 4) is 0 Å². The van der Waals surface area contributed by atoms with Crippen LogP contribution in [0.4, 0.5) is 5.13 Å². The standard InChI is InChI=1S/C19H33N5O2S/c1-14-15(2)27-19(21-14)22-17(25)13-24-11-7-8-16(12-24)18(26)20-9-5-6-10-23(3)4/h16H,5-13H2,1-4H3,(H,20,26)(H,21,22,25). The average molecular weight is 396 g/mol. The molecule has 1 aliphatic heterocycles. The SMILES string of the molecule is Cc1nc(NC(=O)CN2CCCC(C(=O)NCCCCN(C)C)C2)sc1C. The van der Waals surface area contributed by atoms with Crippen LogP contribution >= 0.6 is 11.3 Å². The van der Waals surface area contributed by atoms with Crippen molar-refractivity contribution in [3.63, 3.8) is 0 Å². The number of anilines is 1. The highest BCUT2D eigenvalue weighted by atomic mass is 32.1. The van der Waals surface area contributed by atoms with Crippen molar-refractivity contribution in [3.05, 3.63) is 10.6 Å². The molecule has 0 spiro atoms. The summed E-state index contributed by atoms with van der Waals surface area (Å²) in [5.74, 6) is 0.0365. The second kappa shape index (κ2) is 10.7. The summed E-state index contributed by atoms with van der Waals surface area (Å²) in [5, 5.41) is 6.58. The van der Waals surface area contributed by atoms with Gasteiger partial charge in [0.1, 0.15) is 0 Å². The van der Waals surface area contributed by atoms with E-state index in [-0.39, 0.29) is 17.7 Å². The number of likely N-dealkylation sites (tertiary alicyclic amines) is 1. The number of rotatable bonds is 9. The van der Waals surface area contributed by atoms with Crippen molar-refractivity contribution < 1.29 is 9.59 Å². The maximum atomic E-state index is 12.4. The summed E-state index contributed by atoms with van der Waals surface area (Å²) in [6, 6.07) is 0. The fourth-order valence-corrected chi connectivity index (χ4v) is 4.04. The van der Waals surface area contributed by atoms with E-state index >= 15 is 0 Å². The zero-order valence-electron chi connectivity index (χ0n) is 17.0. The molecule has 27 heavy (non-hydrogen) atoms. The lowest BCUT2D eigenvalue weighted by atomic mass is 9.97. The van der Waals surface area contributed by atoms with E-state index in [1.54, 1.807) is 0 Å². The minimum atomic E-state index is -0.0616. The molecule has 7 nitrogen and oxygen atoms in total. The highest BCUT2D eigenvalue weighted by Gasteiger charge is 2.26. The number of hydrogen-bond donors (Lipinski definition) is 2. The van der Waals surface area contributed by atoms with Gasteiger partial charge in [-0.2, -0.15) is 0 Å². The van der Waals surface area contributed by atoms with E-state index in [9.17, 15) is 9.59 Å². The number of piperidine rings is 1. The summed E-state index contributed by atoms with van der Waals surface area (Å²) in [7, 11) is 4.12. The second-order valence-electron chi connectivity index (χ2n) is 7.58. The molecule has 8 heteroatoms. The minimum absolute atomic E-state index is 0.0234. The number of aromatic nitrogens is 1. The number of unbranched alkanes of at least 4 members (excludes halogenated alkanes) is 1. The summed E-state index contributed by atoms with van der Waals surface area (Å²) < 4.78 is 0. The van der Waals surface area contributed by atoms with Gasteiger partial charge >= 0.3 is 0 Å². The predicted molar refractivity (Wildman–Crippen MR) is 110 cm³/mol. The van der Waals surface area contributed by atoms with Gasteiger partial charge in [0.2, 0.25) is 11.8 Å². The number of aryl methyl sites for hydroxylation is 2. The van der Waals surface area contributed by atoms with E-state index in [4.69, 9.17) is 0 Å². The number of carbonyl (C=O) groups excluding carboxylic acids is 2. The molecule has 0 radical (unpaired) electrons. The Kier molecular flexibility index (Phi) is 8.66. The van der Waals surface area contributed by atoms with E-state index in [1.165, 1.54) is 11.3 Å². The van der Waals surface area contributed by atoms with Gasteiger partial charge in [-0.05, 0) is 66.7 Å². The minimum Gasteiger partial charge on any atom is -0.356 e. The first-order valence-electron chi connectivity index (χ1n) is 9.74. The normalized spacial score (nSPS) is 17.9. The van der Waals surface area contributed by atoms with Crippen LogP contribution in [0.2, 0.25) is 0 Å². The van der Waals surface area contributed by atoms with Crippen molar-refractivity contribution in [1.29, 1.82) is 0 Å². The van der Waals surface area contributed by atoms with E-state index in [0.29, 0.717) is 18.2 Å². The van der Waals surface area contributed by atoms with Gasteiger partial charge in [-0.25, -0.2) is 4.98 Å². The van der Waals surface area contributed by atoms with E-state index in [2.05, 4.69) is 39.5 Å². The topological polar surface area (TPSA) is 77.6 Å². The molecule has 0 aromatic carbocycles. The van der Waals surface area contributed by atoms with Crippen LogP contribution in [0.5, 0.6) is 0 Å². The van der Waals surface area contributed by atoms with Crippen molar-refractivity contribution in [2.24, 2.45) is 5.92 Å². The molecule has 2 N–H and O–H groups in total. The van der Waals surface area contributed by atoms with E-state index < -0.39 is 0 Å². The number of hydrogen-bond acceptors (Lipinski definition) is 6. The summed E-state index contributed by atoms with van der Waals surface area (Å²) in [6.45, 7) is 7.52. The zero-order chi connectivity index (χ0) is 19.8. The van der Waals surface area contributed by atoms with Gasteiger partial charge in [-0.3, -0.25) is 14.5 Å². The van der Waals surface area contributed by atoms with Crippen LogP contribution < -0.4 is 10.6 Å². The fourth-order valence-electron chi connectivity index (χ4n) is 3.21. The Hall–Kier alpha value is -1.51. The van der Waals surface area contributed by atoms with Gasteiger partial charge in [-0.1, -0.05) is 0 Å². The van der Waals surface area contributed by atoms with Gasteiger partial charge in [0.15, 0.2) is 5.13 Å². The highest BCUT2D eigenvalue weighted by molar-refractivity contribution is 7.15. The lowest BCUT2D eigenvalue weighted by Crippen LogP contribution is -2.45. The Morgan fingerprint density at radius 2 is 2.07 bits per heavy atom. The number of thiazole rings is 1. The monoisotopic (exact) mass is 395 g/mol. The predicted octanol–water partition coefficient (Wildman–Crippen LogP) is 1.87. The number of carbonyl (C=O) groups is 2. The Balaban J connectivity index is 1.71. The lowest BCUT2D eigenvalue weighted by Gasteiger charge is -2.31. The summed E-state index contributed by atoms with van der Waals surface area (Å²) >= 11 is 1.50. The van der Waals surface area contributed by atoms with Gasteiger partial charge < -0.3 is 15.5 Å². The third-order valence-corrected chi connectivity index (χ3v) is 5.84. The Morgan fingerprint density at radius 3 is 2.74 bits per heavy atom. The molecular weight excluding hydrogens is 362 g/mol. The smallest absolute Gasteiger partial charge is 0.240 e. The fraction of sp³-hybridized carbons (Fsp3) is 0.737. The number of nitrogens with one attached hydrogen (secondary N) is 2. The molecule has 1 atom stereocenters. The molecule has 1 aromatic rings. The molecule has 1 fully saturated rings. The van der Waals surface area contributed by atoms with Gasteiger partial charge in [0, 0.05) is 18.0 Å². The molecule has 1 aliphatic rings. The maximum absolute atomic E-state index is 12.4. The third kappa shape index (κ3) is 7.56. The second-order valence-corrected chi connectivity index (χ2v) is 8.79. The first-order chi connectivity index (χ1) is 12.8. The van der Waals surface area contributed by atoms with Gasteiger partial charge in [-0.15, -0.1) is 11.3 Å². The van der Waals surface area contributed by atoms with Gasteiger partial charge in [0.25, 0.3) is 0 Å². The first kappa shape index (κ1) is 21.8. The molecule has 0 bridgehead atoms. The van der Waals surface area contributed by atoms with Crippen molar-refractivity contribution in [2.45, 2.75) is 39.5 Å². The van der Waals surface area contributed by atoms with Gasteiger partial charge in [0.05, 0.1) is 18.2 Å².